The molecule has 0 fully saturated rings. The average molecular weight is 1050 g/mol. The molecule has 8 rings (SSSR count). The number of rotatable bonds is 19. The van der Waals surface area contributed by atoms with Crippen molar-refractivity contribution in [2.24, 2.45) is 0 Å². The predicted octanol–water partition coefficient (Wildman–Crippen LogP) is 11.8. The number of nitrogens with one attached hydrogen (secondary N) is 2. The van der Waals surface area contributed by atoms with E-state index in [4.69, 9.17) is 9.47 Å². The highest BCUT2D eigenvalue weighted by atomic mass is 32.2. The second kappa shape index (κ2) is 26.5. The van der Waals surface area contributed by atoms with Gasteiger partial charge < -0.3 is 20.1 Å². The number of hydrogen-bond donors (Lipinski definition) is 2. The van der Waals surface area contributed by atoms with Crippen LogP contribution in [0.25, 0.3) is 11.4 Å². The summed E-state index contributed by atoms with van der Waals surface area (Å²) in [6.07, 6.45) is 0. The van der Waals surface area contributed by atoms with Crippen molar-refractivity contribution in [3.05, 3.63) is 191 Å². The third-order valence-corrected chi connectivity index (χ3v) is 14.5. The van der Waals surface area contributed by atoms with Crippen molar-refractivity contribution in [1.29, 1.82) is 0 Å². The van der Waals surface area contributed by atoms with Gasteiger partial charge in [-0.1, -0.05) is 83.2 Å². The van der Waals surface area contributed by atoms with Gasteiger partial charge in [0.15, 0.2) is 10.3 Å². The number of benzene rings is 6. The maximum atomic E-state index is 12.7. The van der Waals surface area contributed by atoms with Crippen molar-refractivity contribution in [1.82, 2.24) is 29.5 Å². The molecule has 2 amide bonds. The molecular weight excluding hydrogens is 997 g/mol. The predicted molar refractivity (Wildman–Crippen MR) is 293 cm³/mol. The lowest BCUT2D eigenvalue weighted by atomic mass is 10.2. The van der Waals surface area contributed by atoms with E-state index in [2.05, 4.69) is 106 Å². The lowest BCUT2D eigenvalue weighted by Gasteiger charge is -2.11. The van der Waals surface area contributed by atoms with Crippen LogP contribution in [0.2, 0.25) is 0 Å². The molecule has 0 aliphatic rings. The molecule has 73 heavy (non-hydrogen) atoms. The number of aromatic nitrogens is 6. The summed E-state index contributed by atoms with van der Waals surface area (Å²) in [6.45, 7) is 10.3. The van der Waals surface area contributed by atoms with E-state index in [0.29, 0.717) is 50.9 Å². The van der Waals surface area contributed by atoms with Gasteiger partial charge in [-0.3, -0.25) is 18.7 Å². The molecule has 18 heteroatoms. The van der Waals surface area contributed by atoms with Gasteiger partial charge in [-0.2, -0.15) is 0 Å². The normalized spacial score (nSPS) is 10.8. The van der Waals surface area contributed by atoms with E-state index in [1.165, 1.54) is 41.8 Å². The summed E-state index contributed by atoms with van der Waals surface area (Å²) in [5, 5.41) is 24.7. The summed E-state index contributed by atoms with van der Waals surface area (Å²) < 4.78 is 13.7. The van der Waals surface area contributed by atoms with Crippen LogP contribution in [0, 0.1) is 27.7 Å². The quantitative estimate of drug-likeness (QED) is 0.0579. The van der Waals surface area contributed by atoms with Crippen LogP contribution < -0.4 is 10.6 Å². The first-order valence-corrected chi connectivity index (χ1v) is 27.0. The Kier molecular flexibility index (Phi) is 19.5. The minimum absolute atomic E-state index is 0.161. The van der Waals surface area contributed by atoms with Gasteiger partial charge in [-0.05, 0) is 143 Å². The molecular formula is C55H54N8O6S4. The molecule has 0 atom stereocenters. The van der Waals surface area contributed by atoms with Crippen LogP contribution in [0.4, 0.5) is 11.4 Å². The molecule has 0 unspecified atom stereocenters. The molecule has 14 nitrogen and oxygen atoms in total. The van der Waals surface area contributed by atoms with Gasteiger partial charge in [0.25, 0.3) is 0 Å². The molecule has 8 aromatic rings. The maximum Gasteiger partial charge on any atom is 0.338 e. The van der Waals surface area contributed by atoms with Gasteiger partial charge in [0.1, 0.15) is 11.6 Å². The number of anilines is 2. The zero-order chi connectivity index (χ0) is 51.7. The van der Waals surface area contributed by atoms with Crippen LogP contribution in [0.5, 0.6) is 0 Å². The number of ether oxygens (including phenoxy) is 2. The highest BCUT2D eigenvalue weighted by Gasteiger charge is 2.19. The van der Waals surface area contributed by atoms with Gasteiger partial charge >= 0.3 is 11.9 Å². The Morgan fingerprint density at radius 2 is 0.904 bits per heavy atom. The number of hydrogen-bond acceptors (Lipinski definition) is 14. The fourth-order valence-electron chi connectivity index (χ4n) is 6.96. The smallest absolute Gasteiger partial charge is 0.338 e. The first-order chi connectivity index (χ1) is 35.3. The van der Waals surface area contributed by atoms with Crippen LogP contribution in [-0.4, -0.2) is 78.5 Å². The lowest BCUT2D eigenvalue weighted by Crippen LogP contribution is -2.15. The molecule has 0 aliphatic carbocycles. The van der Waals surface area contributed by atoms with Crippen molar-refractivity contribution in [3.8, 4) is 11.4 Å². The number of thioether (sulfide) groups is 4. The van der Waals surface area contributed by atoms with E-state index >= 15 is 0 Å². The third kappa shape index (κ3) is 15.7. The second-order valence-corrected chi connectivity index (χ2v) is 20.4. The molecule has 0 saturated carbocycles. The van der Waals surface area contributed by atoms with Gasteiger partial charge in [0.05, 0.1) is 47.9 Å². The molecule has 0 bridgehead atoms. The second-order valence-electron chi connectivity index (χ2n) is 16.4. The fraction of sp³-hybridized carbons (Fsp3) is 0.200. The van der Waals surface area contributed by atoms with Gasteiger partial charge in [0.2, 0.25) is 11.8 Å². The molecule has 374 valence electrons. The van der Waals surface area contributed by atoms with Crippen LogP contribution >= 0.6 is 47.0 Å². The standard InChI is InChI=1S/C28H28N4O3S2.C27H26N4O3S2/c1-4-35-27(34)21-10-12-22(13-11-21)29-26(33)18-37-28-31-30-25(17-36-24-14-8-19(2)9-15-24)32(28)23-7-5-6-20(3)16-23;1-18-7-13-23(14-8-18)35-16-24-29-30-27(31(24)22-6-4-5-19(2)15-22)36-17-25(32)28-21-11-9-20(10-12-21)26(33)34-3/h5-16H,4,17-18H2,1-3H3,(H,29,33);4-15H,16-17H2,1-3H3,(H,28,32). The highest BCUT2D eigenvalue weighted by Crippen LogP contribution is 2.30. The number of carbonyl (C=O) groups is 4. The highest BCUT2D eigenvalue weighted by molar-refractivity contribution is 8.00. The van der Waals surface area contributed by atoms with Crippen LogP contribution in [0.15, 0.2) is 166 Å². The van der Waals surface area contributed by atoms with Crippen molar-refractivity contribution in [2.75, 3.05) is 35.9 Å². The van der Waals surface area contributed by atoms with Gasteiger partial charge in [-0.25, -0.2) is 9.59 Å². The summed E-state index contributed by atoms with van der Waals surface area (Å²) in [5.41, 5.74) is 8.69. The van der Waals surface area contributed by atoms with E-state index in [1.807, 2.05) is 59.4 Å². The lowest BCUT2D eigenvalue weighted by molar-refractivity contribution is -0.114. The number of aryl methyl sites for hydroxylation is 4. The van der Waals surface area contributed by atoms with E-state index < -0.39 is 5.97 Å². The van der Waals surface area contributed by atoms with Gasteiger partial charge in [0, 0.05) is 32.5 Å². The summed E-state index contributed by atoms with van der Waals surface area (Å²) in [5.74, 6) is 2.07. The molecule has 2 aromatic heterocycles. The average Bonchev–Trinajstić information content (AvgIpc) is 4.01. The molecule has 0 spiro atoms. The first-order valence-electron chi connectivity index (χ1n) is 23.1. The van der Waals surface area contributed by atoms with Crippen LogP contribution in [0.1, 0.15) is 61.5 Å². The summed E-state index contributed by atoms with van der Waals surface area (Å²) >= 11 is 6.04. The topological polar surface area (TPSA) is 172 Å². The van der Waals surface area contributed by atoms with E-state index in [-0.39, 0.29) is 29.3 Å². The number of esters is 2. The maximum absolute atomic E-state index is 12.7. The van der Waals surface area contributed by atoms with E-state index in [9.17, 15) is 19.2 Å². The minimum Gasteiger partial charge on any atom is -0.465 e. The summed E-state index contributed by atoms with van der Waals surface area (Å²) in [6, 6.07) is 46.3. The molecule has 0 radical (unpaired) electrons. The number of methoxy groups -OCH3 is 1. The Bertz CT molecular complexity index is 3150. The Balaban J connectivity index is 0.000000214. The molecule has 6 aromatic carbocycles. The van der Waals surface area contributed by atoms with Crippen LogP contribution in [-0.2, 0) is 30.6 Å². The monoisotopic (exact) mass is 1050 g/mol. The first kappa shape index (κ1) is 53.7. The Hall–Kier alpha value is -7.12. The van der Waals surface area contributed by atoms with Crippen molar-refractivity contribution < 1.29 is 28.7 Å². The summed E-state index contributed by atoms with van der Waals surface area (Å²) in [4.78, 5) is 51.0. The largest absolute Gasteiger partial charge is 0.465 e. The summed E-state index contributed by atoms with van der Waals surface area (Å²) in [7, 11) is 1.33. The Labute approximate surface area is 441 Å². The molecule has 0 aliphatic heterocycles. The zero-order valence-corrected chi connectivity index (χ0v) is 44.4. The molecule has 2 heterocycles. The van der Waals surface area contributed by atoms with Gasteiger partial charge in [-0.15, -0.1) is 43.9 Å². The SMILES string of the molecule is CCOC(=O)c1ccc(NC(=O)CSc2nnc(CSc3ccc(C)cc3)n2-c2cccc(C)c2)cc1.COC(=O)c1ccc(NC(=O)CSc2nnc(CSc3ccc(C)cc3)n2-c2cccc(C)c2)cc1. The van der Waals surface area contributed by atoms with E-state index in [0.717, 1.165) is 43.9 Å². The molecule has 0 saturated heterocycles. The zero-order valence-electron chi connectivity index (χ0n) is 41.2. The van der Waals surface area contributed by atoms with Crippen molar-refractivity contribution in [2.45, 2.75) is 66.2 Å². The van der Waals surface area contributed by atoms with E-state index in [1.54, 1.807) is 79.0 Å². The van der Waals surface area contributed by atoms with Crippen molar-refractivity contribution >= 4 is 82.2 Å². The third-order valence-electron chi connectivity index (χ3n) is 10.6. The number of carbonyl (C=O) groups excluding carboxylic acids is 4. The number of nitrogens with zero attached hydrogens (tertiary/aromatic N) is 6. The van der Waals surface area contributed by atoms with Crippen LogP contribution in [0.3, 0.4) is 0 Å². The molecule has 2 N–H and O–H groups in total. The Morgan fingerprint density at radius 1 is 0.493 bits per heavy atom. The fourth-order valence-corrected chi connectivity index (χ4v) is 10.1. The minimum atomic E-state index is -0.421. The van der Waals surface area contributed by atoms with Crippen molar-refractivity contribution in [3.63, 3.8) is 0 Å². The Morgan fingerprint density at radius 3 is 1.29 bits per heavy atom. The number of amides is 2.